The number of hydrazone groups is 1. The second-order valence-corrected chi connectivity index (χ2v) is 5.70. The normalized spacial score (nSPS) is 19.1. The number of nitrogens with zero attached hydrogens (tertiary/aromatic N) is 1. The van der Waals surface area contributed by atoms with Crippen LogP contribution in [0.2, 0.25) is 0 Å². The van der Waals surface area contributed by atoms with Gasteiger partial charge in [0, 0.05) is 11.5 Å². The predicted molar refractivity (Wildman–Crippen MR) is 92.6 cm³/mol. The second kappa shape index (κ2) is 7.17. The van der Waals surface area contributed by atoms with Crippen LogP contribution in [0.1, 0.15) is 23.5 Å². The van der Waals surface area contributed by atoms with Crippen LogP contribution in [-0.2, 0) is 4.79 Å². The first kappa shape index (κ1) is 16.1. The van der Waals surface area contributed by atoms with Crippen molar-refractivity contribution in [1.82, 2.24) is 5.43 Å². The molecule has 0 spiro atoms. The zero-order valence-corrected chi connectivity index (χ0v) is 13.7. The fourth-order valence-electron chi connectivity index (χ4n) is 2.74. The molecule has 2 atom stereocenters. The molecule has 1 amide bonds. The largest absolute Gasteiger partial charge is 0.497 e. The molecule has 0 heterocycles. The minimum Gasteiger partial charge on any atom is -0.497 e. The lowest BCUT2D eigenvalue weighted by atomic mass is 10.1. The van der Waals surface area contributed by atoms with Crippen LogP contribution < -0.4 is 14.9 Å². The van der Waals surface area contributed by atoms with Crippen molar-refractivity contribution in [2.45, 2.75) is 12.3 Å². The number of hydrogen-bond donors (Lipinski definition) is 1. The van der Waals surface area contributed by atoms with Gasteiger partial charge in [0.1, 0.15) is 11.5 Å². The summed E-state index contributed by atoms with van der Waals surface area (Å²) in [4.78, 5) is 12.2. The van der Waals surface area contributed by atoms with Crippen LogP contribution in [0, 0.1) is 5.92 Å². The lowest BCUT2D eigenvalue weighted by molar-refractivity contribution is -0.122. The predicted octanol–water partition coefficient (Wildman–Crippen LogP) is 2.96. The van der Waals surface area contributed by atoms with Gasteiger partial charge in [0.15, 0.2) is 0 Å². The number of rotatable bonds is 6. The summed E-state index contributed by atoms with van der Waals surface area (Å²) in [6.45, 7) is 0. The molecule has 0 unspecified atom stereocenters. The second-order valence-electron chi connectivity index (χ2n) is 5.70. The summed E-state index contributed by atoms with van der Waals surface area (Å²) in [5.41, 5.74) is 4.56. The van der Waals surface area contributed by atoms with Gasteiger partial charge in [-0.3, -0.25) is 4.79 Å². The van der Waals surface area contributed by atoms with E-state index in [9.17, 15) is 4.79 Å². The van der Waals surface area contributed by atoms with Crippen molar-refractivity contribution in [2.24, 2.45) is 11.0 Å². The van der Waals surface area contributed by atoms with Crippen LogP contribution in [0.25, 0.3) is 0 Å². The average molecular weight is 324 g/mol. The number of hydrogen-bond acceptors (Lipinski definition) is 4. The summed E-state index contributed by atoms with van der Waals surface area (Å²) >= 11 is 0. The number of nitrogens with one attached hydrogen (secondary N) is 1. The zero-order chi connectivity index (χ0) is 16.9. The SMILES string of the molecule is COc1ccc(OC)c(/C=N\NC(=O)[C@H]2C[C@@H]2c2ccccc2)c1. The van der Waals surface area contributed by atoms with Crippen molar-refractivity contribution in [3.05, 3.63) is 59.7 Å². The van der Waals surface area contributed by atoms with Gasteiger partial charge in [-0.05, 0) is 36.1 Å². The molecule has 124 valence electrons. The smallest absolute Gasteiger partial charge is 0.243 e. The summed E-state index contributed by atoms with van der Waals surface area (Å²) in [5, 5.41) is 4.05. The maximum absolute atomic E-state index is 12.2. The Morgan fingerprint density at radius 2 is 1.96 bits per heavy atom. The Morgan fingerprint density at radius 1 is 1.17 bits per heavy atom. The standard InChI is InChI=1S/C19H20N2O3/c1-23-15-8-9-18(24-2)14(10-15)12-20-21-19(22)17-11-16(17)13-6-4-3-5-7-13/h3-10,12,16-17H,11H2,1-2H3,(H,21,22)/b20-12-/t16-,17+/m1/s1. The first-order valence-electron chi connectivity index (χ1n) is 7.83. The van der Waals surface area contributed by atoms with Gasteiger partial charge in [-0.2, -0.15) is 5.10 Å². The number of amides is 1. The minimum atomic E-state index is -0.0537. The van der Waals surface area contributed by atoms with Gasteiger partial charge in [-0.1, -0.05) is 30.3 Å². The number of carbonyl (C=O) groups is 1. The maximum atomic E-state index is 12.2. The highest BCUT2D eigenvalue weighted by atomic mass is 16.5. The Balaban J connectivity index is 1.60. The van der Waals surface area contributed by atoms with E-state index in [4.69, 9.17) is 9.47 Å². The highest BCUT2D eigenvalue weighted by Gasteiger charge is 2.43. The molecule has 1 aliphatic rings. The lowest BCUT2D eigenvalue weighted by Gasteiger charge is -2.06. The first-order valence-corrected chi connectivity index (χ1v) is 7.83. The summed E-state index contributed by atoms with van der Waals surface area (Å²) in [5.74, 6) is 1.61. The van der Waals surface area contributed by atoms with Crippen molar-refractivity contribution in [3.63, 3.8) is 0 Å². The Labute approximate surface area is 141 Å². The number of benzene rings is 2. The summed E-state index contributed by atoms with van der Waals surface area (Å²) in [7, 11) is 3.19. The van der Waals surface area contributed by atoms with E-state index in [0.717, 1.165) is 12.0 Å². The minimum absolute atomic E-state index is 0.00300. The number of ether oxygens (including phenoxy) is 2. The molecule has 24 heavy (non-hydrogen) atoms. The Morgan fingerprint density at radius 3 is 2.67 bits per heavy atom. The van der Waals surface area contributed by atoms with E-state index in [1.165, 1.54) is 5.56 Å². The van der Waals surface area contributed by atoms with Crippen molar-refractivity contribution in [2.75, 3.05) is 14.2 Å². The van der Waals surface area contributed by atoms with Crippen LogP contribution in [-0.4, -0.2) is 26.3 Å². The first-order chi connectivity index (χ1) is 11.7. The third-order valence-corrected chi connectivity index (χ3v) is 4.17. The molecule has 1 N–H and O–H groups in total. The maximum Gasteiger partial charge on any atom is 0.243 e. The fraction of sp³-hybridized carbons (Fsp3) is 0.263. The molecule has 0 radical (unpaired) electrons. The number of methoxy groups -OCH3 is 2. The molecule has 0 saturated heterocycles. The summed E-state index contributed by atoms with van der Waals surface area (Å²) < 4.78 is 10.5. The van der Waals surface area contributed by atoms with Gasteiger partial charge in [0.05, 0.1) is 20.4 Å². The number of carbonyl (C=O) groups excluding carboxylic acids is 1. The van der Waals surface area contributed by atoms with E-state index >= 15 is 0 Å². The van der Waals surface area contributed by atoms with Gasteiger partial charge in [-0.15, -0.1) is 0 Å². The van der Waals surface area contributed by atoms with Gasteiger partial charge < -0.3 is 9.47 Å². The third kappa shape index (κ3) is 3.56. The molecular weight excluding hydrogens is 304 g/mol. The monoisotopic (exact) mass is 324 g/mol. The van der Waals surface area contributed by atoms with E-state index < -0.39 is 0 Å². The van der Waals surface area contributed by atoms with Crippen LogP contribution in [0.5, 0.6) is 11.5 Å². The Kier molecular flexibility index (Phi) is 4.79. The molecule has 0 bridgehead atoms. The molecule has 0 aliphatic heterocycles. The van der Waals surface area contributed by atoms with E-state index in [1.54, 1.807) is 32.6 Å². The Bertz CT molecular complexity index is 744. The fourth-order valence-corrected chi connectivity index (χ4v) is 2.74. The van der Waals surface area contributed by atoms with Crippen LogP contribution >= 0.6 is 0 Å². The van der Waals surface area contributed by atoms with Crippen LogP contribution in [0.3, 0.4) is 0 Å². The average Bonchev–Trinajstić information content (AvgIpc) is 3.43. The zero-order valence-electron chi connectivity index (χ0n) is 13.7. The Hall–Kier alpha value is -2.82. The molecule has 5 nitrogen and oxygen atoms in total. The van der Waals surface area contributed by atoms with E-state index in [-0.39, 0.29) is 11.8 Å². The molecule has 1 aliphatic carbocycles. The molecule has 2 aromatic rings. The van der Waals surface area contributed by atoms with Crippen molar-refractivity contribution < 1.29 is 14.3 Å². The topological polar surface area (TPSA) is 59.9 Å². The highest BCUT2D eigenvalue weighted by molar-refractivity contribution is 5.87. The van der Waals surface area contributed by atoms with E-state index in [1.807, 2.05) is 24.3 Å². The molecule has 2 aromatic carbocycles. The van der Waals surface area contributed by atoms with Crippen LogP contribution in [0.4, 0.5) is 0 Å². The van der Waals surface area contributed by atoms with Crippen LogP contribution in [0.15, 0.2) is 53.6 Å². The molecule has 1 fully saturated rings. The molecule has 5 heteroatoms. The van der Waals surface area contributed by atoms with E-state index in [2.05, 4.69) is 22.7 Å². The van der Waals surface area contributed by atoms with Gasteiger partial charge in [0.2, 0.25) is 5.91 Å². The van der Waals surface area contributed by atoms with Gasteiger partial charge >= 0.3 is 0 Å². The van der Waals surface area contributed by atoms with Gasteiger partial charge in [0.25, 0.3) is 0 Å². The molecule has 1 saturated carbocycles. The van der Waals surface area contributed by atoms with Gasteiger partial charge in [-0.25, -0.2) is 5.43 Å². The highest BCUT2D eigenvalue weighted by Crippen LogP contribution is 2.47. The lowest BCUT2D eigenvalue weighted by Crippen LogP contribution is -2.20. The molecule has 3 rings (SSSR count). The van der Waals surface area contributed by atoms with Crippen molar-refractivity contribution in [1.29, 1.82) is 0 Å². The summed E-state index contributed by atoms with van der Waals surface area (Å²) in [6, 6.07) is 15.5. The quantitative estimate of drug-likeness (QED) is 0.656. The summed E-state index contributed by atoms with van der Waals surface area (Å²) in [6.07, 6.45) is 2.44. The molecule has 0 aromatic heterocycles. The van der Waals surface area contributed by atoms with Crippen molar-refractivity contribution in [3.8, 4) is 11.5 Å². The third-order valence-electron chi connectivity index (χ3n) is 4.17. The van der Waals surface area contributed by atoms with E-state index in [0.29, 0.717) is 17.4 Å². The van der Waals surface area contributed by atoms with Crippen molar-refractivity contribution >= 4 is 12.1 Å². The molecular formula is C19H20N2O3.